The van der Waals surface area contributed by atoms with E-state index in [0.29, 0.717) is 18.8 Å². The molecule has 1 saturated heterocycles. The number of nitrogens with zero attached hydrogens (tertiary/aromatic N) is 2. The summed E-state index contributed by atoms with van der Waals surface area (Å²) in [7, 11) is 1.64. The lowest BCUT2D eigenvalue weighted by Gasteiger charge is -2.22. The molecule has 6 heteroatoms. The molecule has 1 aromatic carbocycles. The number of hydrogen-bond acceptors (Lipinski definition) is 4. The Hall–Kier alpha value is -1.69. The third kappa shape index (κ3) is 4.44. The number of carbonyl (C=O) groups excluding carboxylic acids is 2. The summed E-state index contributed by atoms with van der Waals surface area (Å²) in [5, 5.41) is 0. The minimum absolute atomic E-state index is 0.142. The van der Waals surface area contributed by atoms with Gasteiger partial charge in [-0.2, -0.15) is 0 Å². The minimum Gasteiger partial charge on any atom is -0.497 e. The van der Waals surface area contributed by atoms with Crippen molar-refractivity contribution >= 4 is 23.6 Å². The Labute approximate surface area is 147 Å². The molecule has 1 aromatic rings. The minimum atomic E-state index is 0.142. The van der Waals surface area contributed by atoms with Gasteiger partial charge < -0.3 is 14.5 Å². The number of hydrogen-bond donors (Lipinski definition) is 0. The number of rotatable bonds is 5. The van der Waals surface area contributed by atoms with Crippen molar-refractivity contribution in [3.8, 4) is 5.75 Å². The van der Waals surface area contributed by atoms with Crippen molar-refractivity contribution in [1.82, 2.24) is 9.80 Å². The Morgan fingerprint density at radius 2 is 1.92 bits per heavy atom. The van der Waals surface area contributed by atoms with Crippen LogP contribution in [0.5, 0.6) is 5.75 Å². The molecule has 1 heterocycles. The van der Waals surface area contributed by atoms with Crippen molar-refractivity contribution in [2.45, 2.75) is 24.2 Å². The highest BCUT2D eigenvalue weighted by Gasteiger charge is 2.34. The van der Waals surface area contributed by atoms with E-state index in [1.165, 1.54) is 11.8 Å². The van der Waals surface area contributed by atoms with E-state index in [4.69, 9.17) is 4.74 Å². The lowest BCUT2D eigenvalue weighted by Crippen LogP contribution is -2.38. The summed E-state index contributed by atoms with van der Waals surface area (Å²) in [6, 6.07) is 7.75. The SMILES string of the molecule is COc1cccc(SCC(=O)N2CCCN(C(=O)C3CC3)CC2)c1. The van der Waals surface area contributed by atoms with Crippen LogP contribution < -0.4 is 4.74 Å². The molecule has 0 aromatic heterocycles. The maximum atomic E-state index is 12.5. The van der Waals surface area contributed by atoms with Gasteiger partial charge >= 0.3 is 0 Å². The molecule has 2 fully saturated rings. The fourth-order valence-electron chi connectivity index (χ4n) is 2.90. The first-order chi connectivity index (χ1) is 11.7. The highest BCUT2D eigenvalue weighted by Crippen LogP contribution is 2.31. The van der Waals surface area contributed by atoms with Crippen LogP contribution in [0.3, 0.4) is 0 Å². The maximum Gasteiger partial charge on any atom is 0.232 e. The molecule has 3 rings (SSSR count). The van der Waals surface area contributed by atoms with Crippen LogP contribution in [0.4, 0.5) is 0 Å². The predicted molar refractivity (Wildman–Crippen MR) is 94.2 cm³/mol. The Balaban J connectivity index is 1.48. The molecule has 0 unspecified atom stereocenters. The summed E-state index contributed by atoms with van der Waals surface area (Å²) in [5.74, 6) is 1.91. The number of methoxy groups -OCH3 is 1. The van der Waals surface area contributed by atoms with Crippen LogP contribution in [-0.2, 0) is 9.59 Å². The predicted octanol–water partition coefficient (Wildman–Crippen LogP) is 2.26. The van der Waals surface area contributed by atoms with Gasteiger partial charge in [-0.1, -0.05) is 6.07 Å². The van der Waals surface area contributed by atoms with E-state index >= 15 is 0 Å². The number of thioether (sulfide) groups is 1. The standard InChI is InChI=1S/C18H24N2O3S/c1-23-15-4-2-5-16(12-15)24-13-17(21)19-8-3-9-20(11-10-19)18(22)14-6-7-14/h2,4-5,12,14H,3,6-11,13H2,1H3. The zero-order valence-corrected chi connectivity index (χ0v) is 14.9. The quantitative estimate of drug-likeness (QED) is 0.766. The van der Waals surface area contributed by atoms with Gasteiger partial charge in [0.1, 0.15) is 5.75 Å². The lowest BCUT2D eigenvalue weighted by molar-refractivity contribution is -0.133. The third-order valence-corrected chi connectivity index (χ3v) is 5.47. The smallest absolute Gasteiger partial charge is 0.232 e. The van der Waals surface area contributed by atoms with Gasteiger partial charge in [0.25, 0.3) is 0 Å². The molecule has 2 aliphatic rings. The maximum absolute atomic E-state index is 12.5. The fraction of sp³-hybridized carbons (Fsp3) is 0.556. The van der Waals surface area contributed by atoms with Gasteiger partial charge in [-0.3, -0.25) is 9.59 Å². The number of benzene rings is 1. The fourth-order valence-corrected chi connectivity index (χ4v) is 3.75. The number of ether oxygens (including phenoxy) is 1. The van der Waals surface area contributed by atoms with Crippen molar-refractivity contribution in [3.05, 3.63) is 24.3 Å². The van der Waals surface area contributed by atoms with Crippen molar-refractivity contribution in [2.75, 3.05) is 39.0 Å². The van der Waals surface area contributed by atoms with Gasteiger partial charge in [0.2, 0.25) is 11.8 Å². The van der Waals surface area contributed by atoms with Gasteiger partial charge in [0.05, 0.1) is 12.9 Å². The molecular weight excluding hydrogens is 324 g/mol. The van der Waals surface area contributed by atoms with Gasteiger partial charge in [-0.05, 0) is 37.5 Å². The second kappa shape index (κ2) is 7.92. The highest BCUT2D eigenvalue weighted by molar-refractivity contribution is 8.00. The molecule has 0 atom stereocenters. The second-order valence-electron chi connectivity index (χ2n) is 6.30. The number of carbonyl (C=O) groups is 2. The average Bonchev–Trinajstić information content (AvgIpc) is 3.45. The summed E-state index contributed by atoms with van der Waals surface area (Å²) in [6.07, 6.45) is 2.94. The largest absolute Gasteiger partial charge is 0.497 e. The van der Waals surface area contributed by atoms with Crippen molar-refractivity contribution < 1.29 is 14.3 Å². The molecule has 24 heavy (non-hydrogen) atoms. The van der Waals surface area contributed by atoms with Crippen LogP contribution in [0.15, 0.2) is 29.2 Å². The molecule has 0 N–H and O–H groups in total. The van der Waals surface area contributed by atoms with Crippen molar-refractivity contribution in [3.63, 3.8) is 0 Å². The molecule has 0 spiro atoms. The van der Waals surface area contributed by atoms with Gasteiger partial charge in [-0.15, -0.1) is 11.8 Å². The molecule has 0 radical (unpaired) electrons. The Morgan fingerprint density at radius 3 is 2.67 bits per heavy atom. The molecule has 1 aliphatic carbocycles. The zero-order chi connectivity index (χ0) is 16.9. The van der Waals surface area contributed by atoms with E-state index in [1.807, 2.05) is 34.1 Å². The molecule has 1 saturated carbocycles. The van der Waals surface area contributed by atoms with E-state index in [9.17, 15) is 9.59 Å². The van der Waals surface area contributed by atoms with Gasteiger partial charge in [0, 0.05) is 37.0 Å². The Kier molecular flexibility index (Phi) is 5.66. The van der Waals surface area contributed by atoms with Crippen molar-refractivity contribution in [2.24, 2.45) is 5.92 Å². The summed E-state index contributed by atoms with van der Waals surface area (Å²) in [4.78, 5) is 29.5. The summed E-state index contributed by atoms with van der Waals surface area (Å²) in [5.41, 5.74) is 0. The van der Waals surface area contributed by atoms with E-state index < -0.39 is 0 Å². The highest BCUT2D eigenvalue weighted by atomic mass is 32.2. The summed E-state index contributed by atoms with van der Waals surface area (Å²) >= 11 is 1.53. The molecular formula is C18H24N2O3S. The summed E-state index contributed by atoms with van der Waals surface area (Å²) in [6.45, 7) is 2.84. The van der Waals surface area contributed by atoms with E-state index in [1.54, 1.807) is 7.11 Å². The zero-order valence-electron chi connectivity index (χ0n) is 14.1. The molecule has 2 amide bonds. The average molecular weight is 348 g/mol. The van der Waals surface area contributed by atoms with E-state index in [-0.39, 0.29) is 17.7 Å². The Bertz CT molecular complexity index is 604. The molecule has 0 bridgehead atoms. The topological polar surface area (TPSA) is 49.9 Å². The monoisotopic (exact) mass is 348 g/mol. The molecule has 5 nitrogen and oxygen atoms in total. The van der Waals surface area contributed by atoms with Crippen LogP contribution in [-0.4, -0.2) is 60.7 Å². The van der Waals surface area contributed by atoms with Crippen LogP contribution in [0.25, 0.3) is 0 Å². The molecule has 1 aliphatic heterocycles. The normalized spacial score (nSPS) is 18.2. The number of amides is 2. The first-order valence-corrected chi connectivity index (χ1v) is 9.49. The van der Waals surface area contributed by atoms with Gasteiger partial charge in [-0.25, -0.2) is 0 Å². The van der Waals surface area contributed by atoms with Crippen LogP contribution in [0.2, 0.25) is 0 Å². The van der Waals surface area contributed by atoms with Crippen LogP contribution in [0, 0.1) is 5.92 Å². The van der Waals surface area contributed by atoms with Crippen LogP contribution >= 0.6 is 11.8 Å². The summed E-state index contributed by atoms with van der Waals surface area (Å²) < 4.78 is 5.21. The first kappa shape index (κ1) is 17.1. The second-order valence-corrected chi connectivity index (χ2v) is 7.35. The Morgan fingerprint density at radius 1 is 1.17 bits per heavy atom. The van der Waals surface area contributed by atoms with E-state index in [0.717, 1.165) is 43.0 Å². The van der Waals surface area contributed by atoms with Crippen molar-refractivity contribution in [1.29, 1.82) is 0 Å². The van der Waals surface area contributed by atoms with Gasteiger partial charge in [0.15, 0.2) is 0 Å². The third-order valence-electron chi connectivity index (χ3n) is 4.49. The lowest BCUT2D eigenvalue weighted by atomic mass is 10.3. The van der Waals surface area contributed by atoms with E-state index in [2.05, 4.69) is 0 Å². The molecule has 130 valence electrons. The van der Waals surface area contributed by atoms with Crippen LogP contribution in [0.1, 0.15) is 19.3 Å². The first-order valence-electron chi connectivity index (χ1n) is 8.51.